The third kappa shape index (κ3) is 4.90. The molecule has 1 saturated heterocycles. The summed E-state index contributed by atoms with van der Waals surface area (Å²) in [5.74, 6) is 0.0135. The van der Waals surface area contributed by atoms with Crippen molar-refractivity contribution in [3.05, 3.63) is 34.3 Å². The van der Waals surface area contributed by atoms with Gasteiger partial charge < -0.3 is 15.0 Å². The Labute approximate surface area is 156 Å². The van der Waals surface area contributed by atoms with Gasteiger partial charge in [-0.1, -0.05) is 29.0 Å². The highest BCUT2D eigenvalue weighted by molar-refractivity contribution is 7.15. The third-order valence-electron chi connectivity index (χ3n) is 4.17. The first-order valence-electron chi connectivity index (χ1n) is 8.37. The number of nitrogens with one attached hydrogen (secondary N) is 1. The monoisotopic (exact) mass is 380 g/mol. The second-order valence-corrected chi connectivity index (χ2v) is 7.37. The summed E-state index contributed by atoms with van der Waals surface area (Å²) < 4.78 is 5.30. The maximum absolute atomic E-state index is 12.4. The predicted molar refractivity (Wildman–Crippen MR) is 100 cm³/mol. The minimum Gasteiger partial charge on any atom is -0.374 e. The van der Waals surface area contributed by atoms with Gasteiger partial charge in [0.1, 0.15) is 11.6 Å². The second-order valence-electron chi connectivity index (χ2n) is 5.87. The molecule has 0 unspecified atom stereocenters. The van der Waals surface area contributed by atoms with Crippen LogP contribution in [0.15, 0.2) is 24.3 Å². The first-order chi connectivity index (χ1) is 12.2. The van der Waals surface area contributed by atoms with Gasteiger partial charge >= 0.3 is 0 Å². The molecule has 3 rings (SSSR count). The number of halogens is 1. The van der Waals surface area contributed by atoms with Gasteiger partial charge in [0.25, 0.3) is 0 Å². The molecule has 0 bridgehead atoms. The van der Waals surface area contributed by atoms with Crippen LogP contribution in [0.3, 0.4) is 0 Å². The van der Waals surface area contributed by atoms with Gasteiger partial charge in [-0.3, -0.25) is 4.79 Å². The zero-order chi connectivity index (χ0) is 17.6. The lowest BCUT2D eigenvalue weighted by Gasteiger charge is -2.32. The number of anilines is 2. The van der Waals surface area contributed by atoms with Crippen molar-refractivity contribution >= 4 is 39.7 Å². The minimum absolute atomic E-state index is 0.00493. The summed E-state index contributed by atoms with van der Waals surface area (Å²) in [5.41, 5.74) is 1.11. The van der Waals surface area contributed by atoms with Crippen molar-refractivity contribution in [3.63, 3.8) is 0 Å². The van der Waals surface area contributed by atoms with Gasteiger partial charge in [-0.15, -0.1) is 10.2 Å². The fourth-order valence-corrected chi connectivity index (χ4v) is 3.70. The van der Waals surface area contributed by atoms with Crippen LogP contribution in [0, 0.1) is 5.92 Å². The van der Waals surface area contributed by atoms with Crippen LogP contribution in [0.4, 0.5) is 10.8 Å². The lowest BCUT2D eigenvalue weighted by atomic mass is 9.95. The fraction of sp³-hybridized carbons (Fsp3) is 0.471. The van der Waals surface area contributed by atoms with Crippen molar-refractivity contribution in [1.29, 1.82) is 0 Å². The van der Waals surface area contributed by atoms with E-state index in [2.05, 4.69) is 20.4 Å². The summed E-state index contributed by atoms with van der Waals surface area (Å²) in [6.45, 7) is 4.67. The van der Waals surface area contributed by atoms with Crippen LogP contribution in [0.2, 0.25) is 5.02 Å². The van der Waals surface area contributed by atoms with E-state index in [-0.39, 0.29) is 11.8 Å². The van der Waals surface area contributed by atoms with E-state index >= 15 is 0 Å². The number of carbonyl (C=O) groups excluding carboxylic acids is 1. The highest BCUT2D eigenvalue weighted by Crippen LogP contribution is 2.26. The second kappa shape index (κ2) is 8.60. The fourth-order valence-electron chi connectivity index (χ4n) is 2.83. The molecule has 2 heterocycles. The molecule has 0 aliphatic carbocycles. The summed E-state index contributed by atoms with van der Waals surface area (Å²) >= 11 is 7.42. The first kappa shape index (κ1) is 18.1. The molecule has 134 valence electrons. The van der Waals surface area contributed by atoms with Crippen molar-refractivity contribution in [2.45, 2.75) is 26.4 Å². The molecule has 25 heavy (non-hydrogen) atoms. The Balaban J connectivity index is 1.50. The first-order valence-corrected chi connectivity index (χ1v) is 9.56. The van der Waals surface area contributed by atoms with Gasteiger partial charge in [-0.05, 0) is 38.0 Å². The normalized spacial score (nSPS) is 15.4. The molecule has 6 nitrogen and oxygen atoms in total. The van der Waals surface area contributed by atoms with E-state index in [0.717, 1.165) is 41.6 Å². The van der Waals surface area contributed by atoms with Gasteiger partial charge in [0.05, 0.1) is 0 Å². The van der Waals surface area contributed by atoms with E-state index in [1.165, 1.54) is 11.3 Å². The third-order valence-corrected chi connectivity index (χ3v) is 5.21. The van der Waals surface area contributed by atoms with Crippen molar-refractivity contribution < 1.29 is 9.53 Å². The van der Waals surface area contributed by atoms with Crippen LogP contribution in [-0.4, -0.2) is 35.8 Å². The van der Waals surface area contributed by atoms with Crippen LogP contribution in [0.5, 0.6) is 0 Å². The molecule has 8 heteroatoms. The van der Waals surface area contributed by atoms with Gasteiger partial charge in [-0.25, -0.2) is 0 Å². The Morgan fingerprint density at radius 3 is 2.92 bits per heavy atom. The molecule has 1 aromatic heterocycles. The molecule has 1 aromatic carbocycles. The largest absolute Gasteiger partial charge is 0.374 e. The molecule has 1 N–H and O–H groups in total. The Kier molecular flexibility index (Phi) is 6.23. The Morgan fingerprint density at radius 2 is 2.20 bits per heavy atom. The summed E-state index contributed by atoms with van der Waals surface area (Å²) in [7, 11) is 0. The average molecular weight is 381 g/mol. The smallest absolute Gasteiger partial charge is 0.229 e. The molecule has 1 aliphatic rings. The van der Waals surface area contributed by atoms with Crippen LogP contribution >= 0.6 is 22.9 Å². The molecule has 2 aromatic rings. The maximum Gasteiger partial charge on any atom is 0.229 e. The van der Waals surface area contributed by atoms with Crippen LogP contribution in [0.25, 0.3) is 0 Å². The van der Waals surface area contributed by atoms with Gasteiger partial charge in [-0.2, -0.15) is 0 Å². The van der Waals surface area contributed by atoms with Crippen molar-refractivity contribution in [3.8, 4) is 0 Å². The summed E-state index contributed by atoms with van der Waals surface area (Å²) in [4.78, 5) is 14.7. The van der Waals surface area contributed by atoms with E-state index in [0.29, 0.717) is 18.3 Å². The zero-order valence-corrected chi connectivity index (χ0v) is 15.6. The van der Waals surface area contributed by atoms with E-state index in [1.807, 2.05) is 31.2 Å². The van der Waals surface area contributed by atoms with E-state index in [4.69, 9.17) is 16.3 Å². The topological polar surface area (TPSA) is 67.4 Å². The van der Waals surface area contributed by atoms with Gasteiger partial charge in [0.2, 0.25) is 11.0 Å². The molecule has 0 spiro atoms. The Morgan fingerprint density at radius 1 is 1.40 bits per heavy atom. The van der Waals surface area contributed by atoms with E-state index in [9.17, 15) is 4.79 Å². The van der Waals surface area contributed by atoms with Crippen molar-refractivity contribution in [2.75, 3.05) is 29.9 Å². The number of amides is 1. The van der Waals surface area contributed by atoms with Crippen LogP contribution < -0.4 is 10.2 Å². The number of ether oxygens (including phenoxy) is 1. The number of rotatable bonds is 6. The predicted octanol–water partition coefficient (Wildman–Crippen LogP) is 3.58. The highest BCUT2D eigenvalue weighted by atomic mass is 35.5. The van der Waals surface area contributed by atoms with E-state index < -0.39 is 0 Å². The highest BCUT2D eigenvalue weighted by Gasteiger charge is 2.26. The number of hydrogen-bond donors (Lipinski definition) is 1. The number of aromatic nitrogens is 2. The van der Waals surface area contributed by atoms with Crippen LogP contribution in [-0.2, 0) is 16.1 Å². The lowest BCUT2D eigenvalue weighted by Crippen LogP contribution is -2.38. The maximum atomic E-state index is 12.4. The standard InChI is InChI=1S/C17H21ClN4O2S/c1-2-24-11-15-20-21-17(25-15)19-16(23)12-6-8-22(9-7-12)14-5-3-4-13(18)10-14/h3-5,10,12H,2,6-9,11H2,1H3,(H,19,21,23). The number of carbonyl (C=O) groups is 1. The molecule has 1 amide bonds. The van der Waals surface area contributed by atoms with Crippen molar-refractivity contribution in [1.82, 2.24) is 10.2 Å². The number of piperidine rings is 1. The minimum atomic E-state index is -0.00493. The number of benzene rings is 1. The summed E-state index contributed by atoms with van der Waals surface area (Å²) in [5, 5.41) is 13.0. The SMILES string of the molecule is CCOCc1nnc(NC(=O)C2CCN(c3cccc(Cl)c3)CC2)s1. The Bertz CT molecular complexity index is 716. The molecule has 0 saturated carbocycles. The molecular weight excluding hydrogens is 360 g/mol. The van der Waals surface area contributed by atoms with Gasteiger partial charge in [0, 0.05) is 36.3 Å². The van der Waals surface area contributed by atoms with Gasteiger partial charge in [0.15, 0.2) is 0 Å². The number of hydrogen-bond acceptors (Lipinski definition) is 6. The zero-order valence-electron chi connectivity index (χ0n) is 14.1. The number of nitrogens with zero attached hydrogens (tertiary/aromatic N) is 3. The van der Waals surface area contributed by atoms with E-state index in [1.54, 1.807) is 0 Å². The quantitative estimate of drug-likeness (QED) is 0.829. The van der Waals surface area contributed by atoms with Crippen LogP contribution in [0.1, 0.15) is 24.8 Å². The molecule has 0 radical (unpaired) electrons. The molecule has 1 aliphatic heterocycles. The molecule has 1 fully saturated rings. The average Bonchev–Trinajstić information content (AvgIpc) is 3.07. The molecular formula is C17H21ClN4O2S. The molecule has 0 atom stereocenters. The summed E-state index contributed by atoms with van der Waals surface area (Å²) in [6, 6.07) is 7.83. The van der Waals surface area contributed by atoms with Crippen molar-refractivity contribution in [2.24, 2.45) is 5.92 Å². The lowest BCUT2D eigenvalue weighted by molar-refractivity contribution is -0.120. The Hall–Kier alpha value is -1.70. The summed E-state index contributed by atoms with van der Waals surface area (Å²) in [6.07, 6.45) is 1.62.